The van der Waals surface area contributed by atoms with E-state index >= 15 is 0 Å². The van der Waals surface area contributed by atoms with Crippen molar-refractivity contribution in [2.24, 2.45) is 10.2 Å². The lowest BCUT2D eigenvalue weighted by Crippen LogP contribution is -2.17. The monoisotopic (exact) mass is 877 g/mol. The number of azo groups is 1. The van der Waals surface area contributed by atoms with Crippen molar-refractivity contribution < 1.29 is 69.6 Å². The smallest absolute Gasteiger partial charge is 0.397 e. The molecule has 0 radical (unpaired) electrons. The first kappa shape index (κ1) is 41.7. The summed E-state index contributed by atoms with van der Waals surface area (Å²) in [5, 5.41) is 22.6. The first-order valence-electron chi connectivity index (χ1n) is 14.6. The Bertz CT molecular complexity index is 3070. The zero-order valence-electron chi connectivity index (χ0n) is 27.2. The fourth-order valence-electron chi connectivity index (χ4n) is 4.75. The van der Waals surface area contributed by atoms with E-state index in [-0.39, 0.29) is 10.6 Å². The number of anilines is 4. The maximum Gasteiger partial charge on any atom is 0.397 e. The molecular weight excluding hydrogens is 855 g/mol. The van der Waals surface area contributed by atoms with Crippen molar-refractivity contribution in [3.05, 3.63) is 77.2 Å². The molecular formula is C27H23N7O17S5. The molecule has 0 bridgehead atoms. The maximum absolute atomic E-state index is 12.7. The molecule has 0 unspecified atom stereocenters. The molecule has 0 saturated carbocycles. The number of aromatic amines is 1. The summed E-state index contributed by atoms with van der Waals surface area (Å²) >= 11 is 0. The third kappa shape index (κ3) is 10.0. The fraction of sp³-hybridized carbons (Fsp3) is 0.0741. The Morgan fingerprint density at radius 1 is 0.714 bits per heavy atom. The zero-order chi connectivity index (χ0) is 41.4. The largest absolute Gasteiger partial charge is 0.505 e. The molecule has 0 aliphatic rings. The van der Waals surface area contributed by atoms with Gasteiger partial charge in [0.25, 0.3) is 30.4 Å². The van der Waals surface area contributed by atoms with E-state index < -0.39 is 129 Å². The maximum atomic E-state index is 12.7. The van der Waals surface area contributed by atoms with Crippen molar-refractivity contribution in [1.82, 2.24) is 15.0 Å². The lowest BCUT2D eigenvalue weighted by molar-refractivity contribution is 0.284. The molecule has 5 aromatic rings. The SMILES string of the molecule is O=c1nc(Nc2cc(S(=O)(=O)O)cc3cc(S(=O)(=O)O)c(N=Nc4ccccc4S(=O)(=O)O)c(O)c23)nc(Nc2cccc(S(=O)(=O)CCOS(=O)(=O)O)c2)[nH]1. The van der Waals surface area contributed by atoms with Crippen LogP contribution in [0, 0.1) is 0 Å². The van der Waals surface area contributed by atoms with Gasteiger partial charge in [0, 0.05) is 11.1 Å². The van der Waals surface area contributed by atoms with Gasteiger partial charge in [0.15, 0.2) is 15.6 Å². The van der Waals surface area contributed by atoms with Crippen LogP contribution in [0.25, 0.3) is 10.8 Å². The summed E-state index contributed by atoms with van der Waals surface area (Å²) in [7, 11) is -24.5. The number of aromatic nitrogens is 3. The van der Waals surface area contributed by atoms with Gasteiger partial charge in [-0.15, -0.1) is 10.2 Å². The number of fused-ring (bicyclic) bond motifs is 1. The molecule has 8 N–H and O–H groups in total. The quantitative estimate of drug-likeness (QED) is 0.0585. The van der Waals surface area contributed by atoms with Gasteiger partial charge in [-0.25, -0.2) is 17.4 Å². The number of nitrogens with one attached hydrogen (secondary N) is 3. The summed E-state index contributed by atoms with van der Waals surface area (Å²) in [5.41, 5.74) is -3.30. The van der Waals surface area contributed by atoms with Crippen LogP contribution in [-0.4, -0.2) is 92.7 Å². The van der Waals surface area contributed by atoms with Gasteiger partial charge in [0.05, 0.1) is 27.8 Å². The first-order chi connectivity index (χ1) is 25.8. The molecule has 0 saturated heterocycles. The average molecular weight is 878 g/mol. The summed E-state index contributed by atoms with van der Waals surface area (Å²) < 4.78 is 162. The van der Waals surface area contributed by atoms with Crippen molar-refractivity contribution in [2.45, 2.75) is 19.6 Å². The first-order valence-corrected chi connectivity index (χ1v) is 21.9. The van der Waals surface area contributed by atoms with Crippen LogP contribution >= 0.6 is 0 Å². The minimum atomic E-state index is -5.34. The number of phenolic OH excluding ortho intramolecular Hbond substituents is 1. The van der Waals surface area contributed by atoms with E-state index in [0.29, 0.717) is 18.2 Å². The Morgan fingerprint density at radius 3 is 2.04 bits per heavy atom. The molecule has 0 aliphatic carbocycles. The molecule has 298 valence electrons. The predicted octanol–water partition coefficient (Wildman–Crippen LogP) is 2.26. The van der Waals surface area contributed by atoms with Gasteiger partial charge in [0.2, 0.25) is 11.9 Å². The number of aromatic hydroxyl groups is 1. The molecule has 0 fully saturated rings. The molecule has 56 heavy (non-hydrogen) atoms. The standard InChI is InChI=1S/C27H23N7O17S5/c35-24-22-14(11-21(55(45,46)47)23(24)34-33-18-6-1-2-7-20(18)54(42,43)44)10-17(53(39,40)41)13-19(22)29-26-30-25(31-27(36)32-26)28-15-4-3-5-16(12-15)52(37,38)9-8-51-56(48,49)50/h1-7,10-13,35H,8-9H2,(H,39,40,41)(H,42,43,44)(H,45,46,47)(H,48,49,50)(H3,28,29,30,31,32,36). The number of sulfone groups is 1. The van der Waals surface area contributed by atoms with Crippen LogP contribution in [0.15, 0.2) is 101 Å². The van der Waals surface area contributed by atoms with E-state index in [0.717, 1.165) is 24.3 Å². The molecule has 0 spiro atoms. The third-order valence-corrected chi connectivity index (χ3v) is 11.8. The molecule has 0 atom stereocenters. The van der Waals surface area contributed by atoms with E-state index in [4.69, 9.17) is 4.55 Å². The number of hydrogen-bond donors (Lipinski definition) is 8. The van der Waals surface area contributed by atoms with Crippen molar-refractivity contribution in [3.63, 3.8) is 0 Å². The highest BCUT2D eigenvalue weighted by atomic mass is 32.3. The van der Waals surface area contributed by atoms with E-state index in [1.807, 2.05) is 0 Å². The van der Waals surface area contributed by atoms with Gasteiger partial charge in [-0.05, 0) is 53.9 Å². The Morgan fingerprint density at radius 2 is 1.39 bits per heavy atom. The third-order valence-electron chi connectivity index (χ3n) is 7.04. The number of phenols is 1. The zero-order valence-corrected chi connectivity index (χ0v) is 31.3. The predicted molar refractivity (Wildman–Crippen MR) is 191 cm³/mol. The molecule has 24 nitrogen and oxygen atoms in total. The van der Waals surface area contributed by atoms with Crippen LogP contribution in [-0.2, 0) is 54.8 Å². The highest BCUT2D eigenvalue weighted by Gasteiger charge is 2.26. The lowest BCUT2D eigenvalue weighted by Gasteiger charge is -2.15. The minimum absolute atomic E-state index is 0.0261. The van der Waals surface area contributed by atoms with Gasteiger partial charge in [-0.1, -0.05) is 18.2 Å². The van der Waals surface area contributed by atoms with Crippen LogP contribution in [0.5, 0.6) is 5.75 Å². The highest BCUT2D eigenvalue weighted by Crippen LogP contribution is 2.46. The van der Waals surface area contributed by atoms with Gasteiger partial charge in [0.1, 0.15) is 21.2 Å². The molecule has 1 heterocycles. The molecule has 1 aromatic heterocycles. The Balaban J connectivity index is 1.61. The van der Waals surface area contributed by atoms with Crippen LogP contribution in [0.3, 0.4) is 0 Å². The van der Waals surface area contributed by atoms with Crippen molar-refractivity contribution in [2.75, 3.05) is 23.0 Å². The summed E-state index contributed by atoms with van der Waals surface area (Å²) in [6.07, 6.45) is 0. The summed E-state index contributed by atoms with van der Waals surface area (Å²) in [4.78, 5) is 19.1. The number of benzene rings is 4. The minimum Gasteiger partial charge on any atom is -0.505 e. The van der Waals surface area contributed by atoms with Crippen LogP contribution in [0.4, 0.5) is 34.6 Å². The summed E-state index contributed by atoms with van der Waals surface area (Å²) in [6.45, 7) is -0.917. The summed E-state index contributed by atoms with van der Waals surface area (Å²) in [5.74, 6) is -3.13. The van der Waals surface area contributed by atoms with Gasteiger partial charge in [-0.2, -0.15) is 43.6 Å². The normalized spacial score (nSPS) is 12.9. The lowest BCUT2D eigenvalue weighted by atomic mass is 10.1. The van der Waals surface area contributed by atoms with E-state index in [9.17, 15) is 65.6 Å². The molecule has 0 aliphatic heterocycles. The molecule has 5 rings (SSSR count). The van der Waals surface area contributed by atoms with Crippen LogP contribution < -0.4 is 16.3 Å². The van der Waals surface area contributed by atoms with E-state index in [1.165, 1.54) is 24.3 Å². The second kappa shape index (κ2) is 15.2. The van der Waals surface area contributed by atoms with Crippen molar-refractivity contribution in [3.8, 4) is 5.75 Å². The Labute approximate surface area is 315 Å². The Kier molecular flexibility index (Phi) is 11.3. The second-order valence-corrected chi connectivity index (χ2v) is 18.3. The van der Waals surface area contributed by atoms with Crippen LogP contribution in [0.2, 0.25) is 0 Å². The van der Waals surface area contributed by atoms with E-state index in [2.05, 4.69) is 40.0 Å². The second-order valence-electron chi connectivity index (χ2n) is 10.9. The number of rotatable bonds is 14. The van der Waals surface area contributed by atoms with Crippen molar-refractivity contribution >= 4 is 96.0 Å². The Hall–Kier alpha value is -5.50. The number of H-pyrrole nitrogens is 1. The summed E-state index contributed by atoms with van der Waals surface area (Å²) in [6, 6.07) is 11.2. The number of nitrogens with zero attached hydrogens (tertiary/aromatic N) is 4. The fourth-order valence-corrected chi connectivity index (χ4v) is 8.11. The van der Waals surface area contributed by atoms with Gasteiger partial charge >= 0.3 is 16.1 Å². The van der Waals surface area contributed by atoms with Crippen molar-refractivity contribution in [1.29, 1.82) is 0 Å². The van der Waals surface area contributed by atoms with Crippen LogP contribution in [0.1, 0.15) is 0 Å². The van der Waals surface area contributed by atoms with Gasteiger partial charge in [-0.3, -0.25) is 23.2 Å². The topological polar surface area (TPSA) is 388 Å². The highest BCUT2D eigenvalue weighted by molar-refractivity contribution is 7.91. The molecule has 0 amide bonds. The van der Waals surface area contributed by atoms with Gasteiger partial charge < -0.3 is 15.7 Å². The molecule has 4 aromatic carbocycles. The number of hydrogen-bond acceptors (Lipinski definition) is 19. The average Bonchev–Trinajstić information content (AvgIpc) is 3.05. The van der Waals surface area contributed by atoms with E-state index in [1.54, 1.807) is 0 Å². The molecule has 29 heteroatoms.